The zero-order valence-electron chi connectivity index (χ0n) is 17.9. The first-order valence-corrected chi connectivity index (χ1v) is 10.6. The second-order valence-electron chi connectivity index (χ2n) is 7.59. The van der Waals surface area contributed by atoms with Gasteiger partial charge in [-0.3, -0.25) is 9.59 Å². The molecular weight excluding hydrogens is 410 g/mol. The molecular formula is C23H27N5O4. The molecule has 0 atom stereocenters. The first-order chi connectivity index (χ1) is 15.6. The third-order valence-electron chi connectivity index (χ3n) is 5.15. The molecule has 9 nitrogen and oxygen atoms in total. The minimum atomic E-state index is -0.723. The van der Waals surface area contributed by atoms with Gasteiger partial charge in [-0.2, -0.15) is 0 Å². The fraction of sp³-hybridized carbons (Fsp3) is 0.348. The van der Waals surface area contributed by atoms with Crippen molar-refractivity contribution in [3.05, 3.63) is 66.5 Å². The number of tetrazole rings is 1. The number of carbonyl (C=O) groups excluding carboxylic acids is 1. The van der Waals surface area contributed by atoms with E-state index in [1.54, 1.807) is 9.58 Å². The number of carboxylic acid groups (broad SMARTS) is 1. The number of ether oxygens (including phenoxy) is 1. The summed E-state index contributed by atoms with van der Waals surface area (Å²) >= 11 is 0. The Morgan fingerprint density at radius 2 is 1.84 bits per heavy atom. The van der Waals surface area contributed by atoms with Gasteiger partial charge in [-0.05, 0) is 59.5 Å². The predicted octanol–water partition coefficient (Wildman–Crippen LogP) is 3.56. The fourth-order valence-corrected chi connectivity index (χ4v) is 3.32. The van der Waals surface area contributed by atoms with Crippen LogP contribution in [-0.4, -0.2) is 49.1 Å². The number of aromatic nitrogens is 4. The normalized spacial score (nSPS) is 16.8. The smallest absolute Gasteiger partial charge is 0.306 e. The minimum Gasteiger partial charge on any atom is -0.481 e. The van der Waals surface area contributed by atoms with Gasteiger partial charge in [0.25, 0.3) is 0 Å². The molecule has 2 aromatic carbocycles. The second-order valence-corrected chi connectivity index (χ2v) is 7.59. The summed E-state index contributed by atoms with van der Waals surface area (Å²) in [6, 6.07) is 17.7. The molecule has 0 saturated heterocycles. The maximum Gasteiger partial charge on any atom is 0.306 e. The van der Waals surface area contributed by atoms with E-state index in [-0.39, 0.29) is 12.0 Å². The van der Waals surface area contributed by atoms with E-state index in [1.807, 2.05) is 54.6 Å². The summed E-state index contributed by atoms with van der Waals surface area (Å²) in [6.07, 6.45) is 4.66. The highest BCUT2D eigenvalue weighted by molar-refractivity contribution is 5.71. The second kappa shape index (κ2) is 11.6. The van der Waals surface area contributed by atoms with Gasteiger partial charge in [-0.25, -0.2) is 4.68 Å². The van der Waals surface area contributed by atoms with E-state index in [9.17, 15) is 9.59 Å². The fourth-order valence-electron chi connectivity index (χ4n) is 3.32. The van der Waals surface area contributed by atoms with Crippen LogP contribution in [0.2, 0.25) is 0 Å². The van der Waals surface area contributed by atoms with Crippen LogP contribution in [0.1, 0.15) is 37.8 Å². The summed E-state index contributed by atoms with van der Waals surface area (Å²) in [5.41, 5.74) is 1.10. The monoisotopic (exact) mass is 437 g/mol. The van der Waals surface area contributed by atoms with E-state index in [0.717, 1.165) is 36.4 Å². The molecule has 168 valence electrons. The lowest BCUT2D eigenvalue weighted by Gasteiger charge is -2.31. The van der Waals surface area contributed by atoms with Crippen LogP contribution in [0.3, 0.4) is 0 Å². The van der Waals surface area contributed by atoms with E-state index in [0.29, 0.717) is 19.4 Å². The molecule has 1 fully saturated rings. The van der Waals surface area contributed by atoms with Gasteiger partial charge in [-0.15, -0.1) is 5.10 Å². The van der Waals surface area contributed by atoms with Crippen molar-refractivity contribution in [2.75, 3.05) is 6.54 Å². The molecule has 1 N–H and O–H groups in total. The third-order valence-corrected chi connectivity index (χ3v) is 5.15. The number of hydrogen-bond acceptors (Lipinski definition) is 6. The number of amides is 1. The lowest BCUT2D eigenvalue weighted by atomic mass is 9.80. The molecule has 1 aliphatic carbocycles. The van der Waals surface area contributed by atoms with Crippen LogP contribution >= 0.6 is 0 Å². The Balaban J connectivity index is 0.000000204. The molecule has 1 aliphatic rings. The lowest BCUT2D eigenvalue weighted by Crippen LogP contribution is -2.32. The van der Waals surface area contributed by atoms with Crippen molar-refractivity contribution in [2.45, 2.75) is 38.8 Å². The van der Waals surface area contributed by atoms with Gasteiger partial charge in [0.2, 0.25) is 6.41 Å². The zero-order valence-corrected chi connectivity index (χ0v) is 17.9. The molecule has 0 aliphatic heterocycles. The Bertz CT molecular complexity index is 958. The van der Waals surface area contributed by atoms with Crippen LogP contribution in [0.25, 0.3) is 0 Å². The quantitative estimate of drug-likeness (QED) is 0.510. The van der Waals surface area contributed by atoms with Crippen molar-refractivity contribution < 1.29 is 19.4 Å². The van der Waals surface area contributed by atoms with Crippen molar-refractivity contribution in [1.82, 2.24) is 25.1 Å². The van der Waals surface area contributed by atoms with Crippen LogP contribution in [0.4, 0.5) is 0 Å². The van der Waals surface area contributed by atoms with Crippen LogP contribution in [0, 0.1) is 5.92 Å². The zero-order chi connectivity index (χ0) is 22.8. The summed E-state index contributed by atoms with van der Waals surface area (Å²) in [7, 11) is 0. The van der Waals surface area contributed by atoms with Crippen molar-refractivity contribution in [3.63, 3.8) is 0 Å². The molecule has 0 radical (unpaired) electrons. The van der Waals surface area contributed by atoms with Crippen molar-refractivity contribution in [3.8, 4) is 11.5 Å². The Hall–Kier alpha value is -3.75. The number of hydrogen-bond donors (Lipinski definition) is 1. The highest BCUT2D eigenvalue weighted by Crippen LogP contribution is 2.36. The topological polar surface area (TPSA) is 110 Å². The number of rotatable bonds is 9. The Morgan fingerprint density at radius 1 is 1.16 bits per heavy atom. The van der Waals surface area contributed by atoms with Gasteiger partial charge < -0.3 is 14.7 Å². The average molecular weight is 438 g/mol. The average Bonchev–Trinajstić information content (AvgIpc) is 3.29. The minimum absolute atomic E-state index is 0.182. The Kier molecular flexibility index (Phi) is 8.30. The molecule has 0 bridgehead atoms. The van der Waals surface area contributed by atoms with Gasteiger partial charge in [0.1, 0.15) is 17.8 Å². The standard InChI is InChI=1S/C17H19NO2.C6H8N4O2/c1-2-12-18(14-19)13-15-8-10-17(11-9-15)20-16-6-4-3-5-7-16;11-6(12)4-1-5(2-4)10-3-7-8-9-10/h3-11,14H,2,12-13H2,1H3;3-5H,1-2H2,(H,11,12). The van der Waals surface area contributed by atoms with Gasteiger partial charge >= 0.3 is 5.97 Å². The molecule has 0 spiro atoms. The van der Waals surface area contributed by atoms with Crippen molar-refractivity contribution in [1.29, 1.82) is 0 Å². The number of carboxylic acids is 1. The molecule has 0 unspecified atom stereocenters. The molecule has 1 aromatic heterocycles. The summed E-state index contributed by atoms with van der Waals surface area (Å²) < 4.78 is 7.34. The first-order valence-electron chi connectivity index (χ1n) is 10.6. The van der Waals surface area contributed by atoms with E-state index < -0.39 is 5.97 Å². The summed E-state index contributed by atoms with van der Waals surface area (Å²) in [6.45, 7) is 3.49. The predicted molar refractivity (Wildman–Crippen MR) is 117 cm³/mol. The van der Waals surface area contributed by atoms with E-state index in [2.05, 4.69) is 22.4 Å². The van der Waals surface area contributed by atoms with E-state index in [1.165, 1.54) is 6.33 Å². The van der Waals surface area contributed by atoms with Crippen molar-refractivity contribution in [2.24, 2.45) is 5.92 Å². The molecule has 1 saturated carbocycles. The maximum atomic E-state index is 10.9. The molecule has 32 heavy (non-hydrogen) atoms. The summed E-state index contributed by atoms with van der Waals surface area (Å²) in [5.74, 6) is 0.687. The number of benzene rings is 2. The van der Waals surface area contributed by atoms with Gasteiger partial charge in [-0.1, -0.05) is 37.3 Å². The highest BCUT2D eigenvalue weighted by Gasteiger charge is 2.36. The van der Waals surface area contributed by atoms with Crippen LogP contribution in [0.5, 0.6) is 11.5 Å². The molecule has 1 amide bonds. The van der Waals surface area contributed by atoms with Gasteiger partial charge in [0.15, 0.2) is 0 Å². The van der Waals surface area contributed by atoms with Crippen LogP contribution in [-0.2, 0) is 16.1 Å². The molecule has 3 aromatic rings. The Morgan fingerprint density at radius 3 is 2.41 bits per heavy atom. The number of para-hydroxylation sites is 1. The summed E-state index contributed by atoms with van der Waals surface area (Å²) in [4.78, 5) is 23.1. The molecule has 9 heteroatoms. The Labute approximate surface area is 186 Å². The van der Waals surface area contributed by atoms with E-state index >= 15 is 0 Å². The van der Waals surface area contributed by atoms with Crippen LogP contribution < -0.4 is 4.74 Å². The number of carbonyl (C=O) groups is 2. The van der Waals surface area contributed by atoms with Crippen LogP contribution in [0.15, 0.2) is 60.9 Å². The summed E-state index contributed by atoms with van der Waals surface area (Å²) in [5, 5.41) is 19.2. The largest absolute Gasteiger partial charge is 0.481 e. The highest BCUT2D eigenvalue weighted by atomic mass is 16.5. The maximum absolute atomic E-state index is 10.9. The molecule has 1 heterocycles. The van der Waals surface area contributed by atoms with Gasteiger partial charge in [0, 0.05) is 13.1 Å². The van der Waals surface area contributed by atoms with Gasteiger partial charge in [0.05, 0.1) is 12.0 Å². The lowest BCUT2D eigenvalue weighted by molar-refractivity contribution is -0.146. The number of aliphatic carboxylic acids is 1. The van der Waals surface area contributed by atoms with E-state index in [4.69, 9.17) is 9.84 Å². The number of nitrogens with zero attached hydrogens (tertiary/aromatic N) is 5. The van der Waals surface area contributed by atoms with Crippen molar-refractivity contribution >= 4 is 12.4 Å². The molecule has 4 rings (SSSR count). The third kappa shape index (κ3) is 6.63. The first kappa shape index (κ1) is 22.9. The SMILES string of the molecule is CCCN(C=O)Cc1ccc(Oc2ccccc2)cc1.O=C(O)C1CC(n2cnnn2)C1.